The lowest BCUT2D eigenvalue weighted by Gasteiger charge is -2.06. The van der Waals surface area contributed by atoms with E-state index in [2.05, 4.69) is 22.1 Å². The molecule has 0 spiro atoms. The average molecular weight is 229 g/mol. The van der Waals surface area contributed by atoms with Crippen molar-refractivity contribution in [3.63, 3.8) is 0 Å². The Kier molecular flexibility index (Phi) is 3.81. The average Bonchev–Trinajstić information content (AvgIpc) is 2.88. The smallest absolute Gasteiger partial charge is 0.119 e. The van der Waals surface area contributed by atoms with Crippen LogP contribution in [0.25, 0.3) is 0 Å². The number of hydrogen-bond donors (Lipinski definition) is 2. The molecule has 0 aliphatic rings. The van der Waals surface area contributed by atoms with Crippen LogP contribution in [0.3, 0.4) is 0 Å². The van der Waals surface area contributed by atoms with Crippen molar-refractivity contribution in [2.45, 2.75) is 6.54 Å². The number of aromatic nitrogens is 2. The Bertz CT molecular complexity index is 448. The van der Waals surface area contributed by atoms with E-state index in [4.69, 9.17) is 4.74 Å². The van der Waals surface area contributed by atoms with Crippen molar-refractivity contribution in [3.8, 4) is 5.75 Å². The van der Waals surface area contributed by atoms with Gasteiger partial charge in [0, 0.05) is 12.7 Å². The summed E-state index contributed by atoms with van der Waals surface area (Å²) in [5.41, 5.74) is 2.18. The Balaban J connectivity index is 1.87. The number of rotatable bonds is 6. The summed E-state index contributed by atoms with van der Waals surface area (Å²) < 4.78 is 5.41. The molecule has 1 aromatic carbocycles. The van der Waals surface area contributed by atoms with Crippen LogP contribution in [0.15, 0.2) is 49.3 Å². The molecule has 0 radical (unpaired) electrons. The van der Waals surface area contributed by atoms with Crippen LogP contribution in [0.2, 0.25) is 0 Å². The van der Waals surface area contributed by atoms with Gasteiger partial charge in [0.25, 0.3) is 0 Å². The minimum absolute atomic E-state index is 0.534. The Morgan fingerprint density at radius 1 is 1.35 bits per heavy atom. The Morgan fingerprint density at radius 2 is 2.18 bits per heavy atom. The van der Waals surface area contributed by atoms with Crippen molar-refractivity contribution in [2.75, 3.05) is 11.9 Å². The standard InChI is InChI=1S/C13H15N3O/c1-2-7-17-13-5-3-11(4-6-13)8-14-12-9-15-16-10-12/h2-6,9-10,14H,1,7-8H2,(H,15,16). The molecule has 2 rings (SSSR count). The summed E-state index contributed by atoms with van der Waals surface area (Å²) in [7, 11) is 0. The molecule has 17 heavy (non-hydrogen) atoms. The third kappa shape index (κ3) is 3.38. The molecule has 0 fully saturated rings. The van der Waals surface area contributed by atoms with Gasteiger partial charge in [0.05, 0.1) is 11.9 Å². The van der Waals surface area contributed by atoms with Crippen LogP contribution in [0, 0.1) is 0 Å². The highest BCUT2D eigenvalue weighted by atomic mass is 16.5. The maximum atomic E-state index is 5.41. The molecule has 1 aromatic heterocycles. The van der Waals surface area contributed by atoms with E-state index in [-0.39, 0.29) is 0 Å². The van der Waals surface area contributed by atoms with Crippen LogP contribution in [0.5, 0.6) is 5.75 Å². The van der Waals surface area contributed by atoms with E-state index in [9.17, 15) is 0 Å². The molecule has 0 saturated heterocycles. The number of ether oxygens (including phenoxy) is 1. The molecule has 2 N–H and O–H groups in total. The van der Waals surface area contributed by atoms with E-state index < -0.39 is 0 Å². The number of nitrogens with zero attached hydrogens (tertiary/aromatic N) is 1. The first-order valence-corrected chi connectivity index (χ1v) is 5.44. The summed E-state index contributed by atoms with van der Waals surface area (Å²) >= 11 is 0. The maximum absolute atomic E-state index is 5.41. The Labute approximate surface area is 100 Å². The zero-order chi connectivity index (χ0) is 11.9. The monoisotopic (exact) mass is 229 g/mol. The molecule has 4 heteroatoms. The van der Waals surface area contributed by atoms with Gasteiger partial charge in [-0.2, -0.15) is 5.10 Å². The van der Waals surface area contributed by atoms with Gasteiger partial charge in [0.2, 0.25) is 0 Å². The predicted octanol–water partition coefficient (Wildman–Crippen LogP) is 2.59. The lowest BCUT2D eigenvalue weighted by atomic mass is 10.2. The fourth-order valence-corrected chi connectivity index (χ4v) is 1.41. The molecule has 0 saturated carbocycles. The molecule has 4 nitrogen and oxygen atoms in total. The van der Waals surface area contributed by atoms with Gasteiger partial charge in [-0.25, -0.2) is 0 Å². The normalized spacial score (nSPS) is 9.88. The number of nitrogens with one attached hydrogen (secondary N) is 2. The molecule has 0 atom stereocenters. The molecule has 0 aliphatic carbocycles. The van der Waals surface area contributed by atoms with Gasteiger partial charge in [-0.1, -0.05) is 24.8 Å². The van der Waals surface area contributed by atoms with Crippen LogP contribution in [0.1, 0.15) is 5.56 Å². The van der Waals surface area contributed by atoms with Crippen molar-refractivity contribution in [1.82, 2.24) is 10.2 Å². The molecule has 0 aliphatic heterocycles. The van der Waals surface area contributed by atoms with E-state index in [1.807, 2.05) is 30.5 Å². The van der Waals surface area contributed by atoms with Gasteiger partial charge in [-0.15, -0.1) is 0 Å². The third-order valence-corrected chi connectivity index (χ3v) is 2.29. The van der Waals surface area contributed by atoms with Crippen LogP contribution in [0.4, 0.5) is 5.69 Å². The van der Waals surface area contributed by atoms with E-state index in [0.717, 1.165) is 18.0 Å². The van der Waals surface area contributed by atoms with Crippen molar-refractivity contribution in [3.05, 3.63) is 54.9 Å². The first-order chi connectivity index (χ1) is 8.38. The van der Waals surface area contributed by atoms with Crippen molar-refractivity contribution in [2.24, 2.45) is 0 Å². The largest absolute Gasteiger partial charge is 0.490 e. The molecule has 0 unspecified atom stereocenters. The number of H-pyrrole nitrogens is 1. The van der Waals surface area contributed by atoms with Crippen LogP contribution >= 0.6 is 0 Å². The minimum Gasteiger partial charge on any atom is -0.490 e. The number of anilines is 1. The van der Waals surface area contributed by atoms with Crippen molar-refractivity contribution >= 4 is 5.69 Å². The van der Waals surface area contributed by atoms with Crippen molar-refractivity contribution < 1.29 is 4.74 Å². The molecule has 88 valence electrons. The van der Waals surface area contributed by atoms with Crippen LogP contribution in [-0.2, 0) is 6.54 Å². The van der Waals surface area contributed by atoms with Gasteiger partial charge in [0.1, 0.15) is 12.4 Å². The van der Waals surface area contributed by atoms with Crippen LogP contribution < -0.4 is 10.1 Å². The summed E-state index contributed by atoms with van der Waals surface area (Å²) in [5.74, 6) is 0.858. The number of benzene rings is 1. The predicted molar refractivity (Wildman–Crippen MR) is 68.0 cm³/mol. The lowest BCUT2D eigenvalue weighted by Crippen LogP contribution is -1.98. The van der Waals surface area contributed by atoms with Gasteiger partial charge in [-0.3, -0.25) is 5.10 Å². The molecule has 0 amide bonds. The second kappa shape index (κ2) is 5.75. The SMILES string of the molecule is C=CCOc1ccc(CNc2cn[nH]c2)cc1. The maximum Gasteiger partial charge on any atom is 0.119 e. The molecule has 1 heterocycles. The van der Waals surface area contributed by atoms with Gasteiger partial charge in [-0.05, 0) is 17.7 Å². The van der Waals surface area contributed by atoms with Crippen LogP contribution in [-0.4, -0.2) is 16.8 Å². The third-order valence-electron chi connectivity index (χ3n) is 2.29. The summed E-state index contributed by atoms with van der Waals surface area (Å²) in [5, 5.41) is 9.87. The highest BCUT2D eigenvalue weighted by molar-refractivity contribution is 5.39. The Hall–Kier alpha value is -2.23. The fourth-order valence-electron chi connectivity index (χ4n) is 1.41. The fraction of sp³-hybridized carbons (Fsp3) is 0.154. The quantitative estimate of drug-likeness (QED) is 0.748. The van der Waals surface area contributed by atoms with Gasteiger partial charge >= 0.3 is 0 Å². The zero-order valence-corrected chi connectivity index (χ0v) is 9.52. The van der Waals surface area contributed by atoms with Crippen molar-refractivity contribution in [1.29, 1.82) is 0 Å². The van der Waals surface area contributed by atoms with E-state index in [0.29, 0.717) is 6.61 Å². The van der Waals surface area contributed by atoms with Gasteiger partial charge < -0.3 is 10.1 Å². The number of hydrogen-bond acceptors (Lipinski definition) is 3. The minimum atomic E-state index is 0.534. The summed E-state index contributed by atoms with van der Waals surface area (Å²) in [6.07, 6.45) is 5.30. The van der Waals surface area contributed by atoms with E-state index in [1.54, 1.807) is 12.3 Å². The second-order valence-corrected chi connectivity index (χ2v) is 3.58. The first-order valence-electron chi connectivity index (χ1n) is 5.44. The summed E-state index contributed by atoms with van der Waals surface area (Å²) in [6, 6.07) is 7.97. The molecule has 2 aromatic rings. The molecule has 0 bridgehead atoms. The highest BCUT2D eigenvalue weighted by Gasteiger charge is 1.96. The Morgan fingerprint density at radius 3 is 2.82 bits per heavy atom. The molecular weight excluding hydrogens is 214 g/mol. The van der Waals surface area contributed by atoms with E-state index in [1.165, 1.54) is 5.56 Å². The summed E-state index contributed by atoms with van der Waals surface area (Å²) in [6.45, 7) is 4.91. The zero-order valence-electron chi connectivity index (χ0n) is 9.52. The molecular formula is C13H15N3O. The summed E-state index contributed by atoms with van der Waals surface area (Å²) in [4.78, 5) is 0. The topological polar surface area (TPSA) is 49.9 Å². The lowest BCUT2D eigenvalue weighted by molar-refractivity contribution is 0.363. The van der Waals surface area contributed by atoms with E-state index >= 15 is 0 Å². The van der Waals surface area contributed by atoms with Gasteiger partial charge in [0.15, 0.2) is 0 Å². The second-order valence-electron chi connectivity index (χ2n) is 3.58. The highest BCUT2D eigenvalue weighted by Crippen LogP contribution is 2.13. The number of aromatic amines is 1. The first kappa shape index (κ1) is 11.3.